The van der Waals surface area contributed by atoms with E-state index in [9.17, 15) is 0 Å². The van der Waals surface area contributed by atoms with Gasteiger partial charge in [-0.3, -0.25) is 0 Å². The Morgan fingerprint density at radius 2 is 2.11 bits per heavy atom. The summed E-state index contributed by atoms with van der Waals surface area (Å²) in [7, 11) is 1.82. The molecule has 1 N–H and O–H groups in total. The molecule has 1 aliphatic heterocycles. The summed E-state index contributed by atoms with van der Waals surface area (Å²) < 4.78 is 0.945. The van der Waals surface area contributed by atoms with Crippen LogP contribution in [0.3, 0.4) is 0 Å². The topological polar surface area (TPSA) is 66.8 Å². The van der Waals surface area contributed by atoms with Crippen molar-refractivity contribution in [3.63, 3.8) is 0 Å². The largest absolute Gasteiger partial charge is 0.357 e. The number of aromatic nitrogens is 4. The van der Waals surface area contributed by atoms with Gasteiger partial charge in [0, 0.05) is 31.7 Å². The number of hydrogen-bond acceptors (Lipinski definition) is 8. The molecule has 0 aromatic carbocycles. The first kappa shape index (κ1) is 12.6. The fraction of sp³-hybridized carbons (Fsp3) is 0.455. The van der Waals surface area contributed by atoms with Crippen LogP contribution in [0.15, 0.2) is 21.1 Å². The molecular weight excluding hydrogens is 280 g/mol. The summed E-state index contributed by atoms with van der Waals surface area (Å²) in [4.78, 5) is 19.8. The van der Waals surface area contributed by atoms with E-state index in [0.29, 0.717) is 11.1 Å². The van der Waals surface area contributed by atoms with Crippen LogP contribution in [0.5, 0.6) is 0 Å². The summed E-state index contributed by atoms with van der Waals surface area (Å²) in [6, 6.07) is 0. The SMILES string of the molecule is CNc1nc(Sc2nccs2)nc(N2CCCC2)n1. The third-order valence-corrected chi connectivity index (χ3v) is 4.55. The summed E-state index contributed by atoms with van der Waals surface area (Å²) in [5.41, 5.74) is 0. The van der Waals surface area contributed by atoms with E-state index in [1.54, 1.807) is 17.5 Å². The lowest BCUT2D eigenvalue weighted by atomic mass is 10.4. The average Bonchev–Trinajstić information content (AvgIpc) is 3.11. The fourth-order valence-electron chi connectivity index (χ4n) is 1.90. The van der Waals surface area contributed by atoms with Crippen LogP contribution in [-0.2, 0) is 0 Å². The first-order chi connectivity index (χ1) is 9.35. The minimum absolute atomic E-state index is 0.607. The Labute approximate surface area is 119 Å². The molecule has 0 amide bonds. The van der Waals surface area contributed by atoms with E-state index in [-0.39, 0.29) is 0 Å². The predicted molar refractivity (Wildman–Crippen MR) is 77.1 cm³/mol. The van der Waals surface area contributed by atoms with Crippen molar-refractivity contribution < 1.29 is 0 Å². The van der Waals surface area contributed by atoms with Crippen molar-refractivity contribution in [3.8, 4) is 0 Å². The second-order valence-corrected chi connectivity index (χ2v) is 6.19. The molecule has 0 unspecified atom stereocenters. The maximum atomic E-state index is 4.53. The molecule has 0 saturated carbocycles. The Morgan fingerprint density at radius 3 is 2.79 bits per heavy atom. The highest BCUT2D eigenvalue weighted by Gasteiger charge is 2.17. The number of thiazole rings is 1. The van der Waals surface area contributed by atoms with Gasteiger partial charge in [0.05, 0.1) is 0 Å². The third kappa shape index (κ3) is 2.95. The van der Waals surface area contributed by atoms with Gasteiger partial charge < -0.3 is 10.2 Å². The van der Waals surface area contributed by atoms with Crippen LogP contribution in [0.25, 0.3) is 0 Å². The van der Waals surface area contributed by atoms with Crippen molar-refractivity contribution in [3.05, 3.63) is 11.6 Å². The first-order valence-electron chi connectivity index (χ1n) is 6.11. The lowest BCUT2D eigenvalue weighted by molar-refractivity contribution is 0.830. The molecule has 8 heteroatoms. The van der Waals surface area contributed by atoms with E-state index >= 15 is 0 Å². The van der Waals surface area contributed by atoms with Crippen molar-refractivity contribution in [2.24, 2.45) is 0 Å². The Kier molecular flexibility index (Phi) is 3.79. The summed E-state index contributed by atoms with van der Waals surface area (Å²) in [5.74, 6) is 1.37. The minimum atomic E-state index is 0.607. The van der Waals surface area contributed by atoms with Crippen LogP contribution >= 0.6 is 23.1 Å². The first-order valence-corrected chi connectivity index (χ1v) is 7.81. The molecule has 6 nitrogen and oxygen atoms in total. The van der Waals surface area contributed by atoms with Gasteiger partial charge in [-0.15, -0.1) is 11.3 Å². The molecule has 3 rings (SSSR count). The van der Waals surface area contributed by atoms with Crippen molar-refractivity contribution >= 4 is 35.0 Å². The molecule has 0 atom stereocenters. The van der Waals surface area contributed by atoms with Gasteiger partial charge in [0.2, 0.25) is 17.1 Å². The van der Waals surface area contributed by atoms with E-state index in [4.69, 9.17) is 0 Å². The summed E-state index contributed by atoms with van der Waals surface area (Å²) in [6.07, 6.45) is 4.19. The summed E-state index contributed by atoms with van der Waals surface area (Å²) in [6.45, 7) is 2.04. The smallest absolute Gasteiger partial charge is 0.231 e. The van der Waals surface area contributed by atoms with Gasteiger partial charge in [-0.05, 0) is 24.6 Å². The van der Waals surface area contributed by atoms with Crippen LogP contribution in [-0.4, -0.2) is 40.1 Å². The second-order valence-electron chi connectivity index (χ2n) is 4.09. The normalized spacial score (nSPS) is 14.9. The molecule has 0 aliphatic carbocycles. The van der Waals surface area contributed by atoms with E-state index in [0.717, 1.165) is 23.4 Å². The van der Waals surface area contributed by atoms with Gasteiger partial charge in [0.25, 0.3) is 0 Å². The molecule has 1 saturated heterocycles. The second kappa shape index (κ2) is 5.70. The zero-order valence-electron chi connectivity index (χ0n) is 10.5. The number of nitrogens with zero attached hydrogens (tertiary/aromatic N) is 5. The average molecular weight is 294 g/mol. The molecule has 100 valence electrons. The van der Waals surface area contributed by atoms with E-state index < -0.39 is 0 Å². The van der Waals surface area contributed by atoms with Gasteiger partial charge in [-0.25, -0.2) is 4.98 Å². The molecular formula is C11H14N6S2. The van der Waals surface area contributed by atoms with E-state index in [2.05, 4.69) is 30.2 Å². The molecule has 3 heterocycles. The number of nitrogens with one attached hydrogen (secondary N) is 1. The van der Waals surface area contributed by atoms with Crippen LogP contribution in [0.2, 0.25) is 0 Å². The molecule has 2 aromatic rings. The van der Waals surface area contributed by atoms with Crippen LogP contribution in [0, 0.1) is 0 Å². The lowest BCUT2D eigenvalue weighted by Gasteiger charge is -2.15. The highest BCUT2D eigenvalue weighted by Crippen LogP contribution is 2.28. The molecule has 0 spiro atoms. The highest BCUT2D eigenvalue weighted by molar-refractivity contribution is 8.00. The summed E-state index contributed by atoms with van der Waals surface area (Å²) in [5, 5.41) is 5.63. The zero-order valence-corrected chi connectivity index (χ0v) is 12.2. The van der Waals surface area contributed by atoms with Gasteiger partial charge in [-0.2, -0.15) is 15.0 Å². The Hall–Kier alpha value is -1.41. The van der Waals surface area contributed by atoms with Gasteiger partial charge in [0.1, 0.15) is 0 Å². The van der Waals surface area contributed by atoms with Crippen LogP contribution in [0.1, 0.15) is 12.8 Å². The summed E-state index contributed by atoms with van der Waals surface area (Å²) >= 11 is 3.06. The fourth-order valence-corrected chi connectivity index (χ4v) is 3.37. The van der Waals surface area contributed by atoms with Crippen LogP contribution in [0.4, 0.5) is 11.9 Å². The molecule has 19 heavy (non-hydrogen) atoms. The third-order valence-electron chi connectivity index (χ3n) is 2.80. The van der Waals surface area contributed by atoms with Crippen molar-refractivity contribution in [2.75, 3.05) is 30.4 Å². The highest BCUT2D eigenvalue weighted by atomic mass is 32.2. The zero-order chi connectivity index (χ0) is 13.1. The van der Waals surface area contributed by atoms with Crippen molar-refractivity contribution in [1.82, 2.24) is 19.9 Å². The molecule has 0 bridgehead atoms. The van der Waals surface area contributed by atoms with Crippen molar-refractivity contribution in [1.29, 1.82) is 0 Å². The Bertz CT molecular complexity index is 538. The van der Waals surface area contributed by atoms with Crippen LogP contribution < -0.4 is 10.2 Å². The van der Waals surface area contributed by atoms with E-state index in [1.807, 2.05) is 12.4 Å². The predicted octanol–water partition coefficient (Wildman–Crippen LogP) is 2.12. The van der Waals surface area contributed by atoms with Crippen molar-refractivity contribution in [2.45, 2.75) is 22.3 Å². The van der Waals surface area contributed by atoms with Gasteiger partial charge in [0.15, 0.2) is 4.34 Å². The minimum Gasteiger partial charge on any atom is -0.357 e. The van der Waals surface area contributed by atoms with Gasteiger partial charge in [-0.1, -0.05) is 0 Å². The quantitative estimate of drug-likeness (QED) is 0.926. The molecule has 2 aromatic heterocycles. The van der Waals surface area contributed by atoms with Gasteiger partial charge >= 0.3 is 0 Å². The maximum absolute atomic E-state index is 4.53. The molecule has 1 aliphatic rings. The maximum Gasteiger partial charge on any atom is 0.231 e. The van der Waals surface area contributed by atoms with E-state index in [1.165, 1.54) is 24.6 Å². The number of hydrogen-bond donors (Lipinski definition) is 1. The molecule has 1 fully saturated rings. The monoisotopic (exact) mass is 294 g/mol. The number of rotatable bonds is 4. The standard InChI is InChI=1S/C11H14N6S2/c1-12-8-14-9(17-5-2-3-6-17)16-10(15-8)19-11-13-4-7-18-11/h4,7H,2-3,5-6H2,1H3,(H,12,14,15,16). The molecule has 0 radical (unpaired) electrons. The lowest BCUT2D eigenvalue weighted by Crippen LogP contribution is -2.21. The number of anilines is 2. The Morgan fingerprint density at radius 1 is 1.26 bits per heavy atom. The Balaban J connectivity index is 1.88.